The molecule has 0 unspecified atom stereocenters. The van der Waals surface area contributed by atoms with Crippen molar-refractivity contribution in [3.63, 3.8) is 0 Å². The first-order valence-corrected chi connectivity index (χ1v) is 9.37. The molecule has 142 valence electrons. The number of hydrogen-bond acceptors (Lipinski definition) is 6. The van der Waals surface area contributed by atoms with Gasteiger partial charge in [-0.1, -0.05) is 0 Å². The SMILES string of the molecule is CS(=O)(=O)Cn1c(=O)[nH]c2cc(C(F)(F)F)c(-c3cccnn3)cc2c1=O. The van der Waals surface area contributed by atoms with E-state index in [9.17, 15) is 31.2 Å². The van der Waals surface area contributed by atoms with Gasteiger partial charge in [-0.25, -0.2) is 17.8 Å². The maximum Gasteiger partial charge on any atom is 0.417 e. The second-order valence-corrected chi connectivity index (χ2v) is 7.88. The van der Waals surface area contributed by atoms with Crippen molar-refractivity contribution in [2.24, 2.45) is 0 Å². The van der Waals surface area contributed by atoms with E-state index in [1.54, 1.807) is 0 Å². The highest BCUT2D eigenvalue weighted by atomic mass is 32.2. The Bertz CT molecular complexity index is 1250. The smallest absolute Gasteiger partial charge is 0.307 e. The van der Waals surface area contributed by atoms with Crippen molar-refractivity contribution < 1.29 is 21.6 Å². The van der Waals surface area contributed by atoms with E-state index in [0.29, 0.717) is 10.6 Å². The summed E-state index contributed by atoms with van der Waals surface area (Å²) in [5, 5.41) is 6.88. The molecule has 0 saturated carbocycles. The van der Waals surface area contributed by atoms with Gasteiger partial charge in [-0.3, -0.25) is 4.79 Å². The molecule has 0 saturated heterocycles. The number of hydrogen-bond donors (Lipinski definition) is 1. The molecule has 0 aliphatic heterocycles. The summed E-state index contributed by atoms with van der Waals surface area (Å²) in [6, 6.07) is 4.19. The number of nitrogens with one attached hydrogen (secondary N) is 1. The number of alkyl halides is 3. The quantitative estimate of drug-likeness (QED) is 0.706. The standard InChI is InChI=1S/C15H11F3N4O4S/c1-27(25,26)7-22-13(23)9-5-8(11-3-2-4-19-21-11)10(15(16,17)18)6-12(9)20-14(22)24/h2-6H,7H2,1H3,(H,20,24). The van der Waals surface area contributed by atoms with Crippen LogP contribution in [-0.2, 0) is 21.9 Å². The topological polar surface area (TPSA) is 115 Å². The molecular formula is C15H11F3N4O4S. The molecule has 1 aromatic carbocycles. The van der Waals surface area contributed by atoms with E-state index in [-0.39, 0.29) is 16.6 Å². The summed E-state index contributed by atoms with van der Waals surface area (Å²) in [5.41, 5.74) is -4.19. The Morgan fingerprint density at radius 1 is 1.22 bits per heavy atom. The Labute approximate surface area is 149 Å². The number of nitrogens with zero attached hydrogens (tertiary/aromatic N) is 3. The van der Waals surface area contributed by atoms with Crippen molar-refractivity contribution in [3.8, 4) is 11.3 Å². The second kappa shape index (κ2) is 6.30. The van der Waals surface area contributed by atoms with E-state index in [1.165, 1.54) is 18.3 Å². The molecule has 0 aliphatic rings. The van der Waals surface area contributed by atoms with Crippen LogP contribution in [0.15, 0.2) is 40.1 Å². The Morgan fingerprint density at radius 2 is 1.93 bits per heavy atom. The minimum atomic E-state index is -4.79. The van der Waals surface area contributed by atoms with E-state index in [2.05, 4.69) is 15.2 Å². The Kier molecular flexibility index (Phi) is 4.38. The minimum Gasteiger partial charge on any atom is -0.307 e. The third-order valence-corrected chi connectivity index (χ3v) is 4.36. The number of aromatic nitrogens is 4. The monoisotopic (exact) mass is 400 g/mol. The summed E-state index contributed by atoms with van der Waals surface area (Å²) in [6.07, 6.45) is -2.70. The van der Waals surface area contributed by atoms with Crippen molar-refractivity contribution in [3.05, 3.63) is 56.9 Å². The van der Waals surface area contributed by atoms with Crippen LogP contribution in [0.25, 0.3) is 22.2 Å². The van der Waals surface area contributed by atoms with Crippen LogP contribution < -0.4 is 11.2 Å². The molecule has 2 heterocycles. The van der Waals surface area contributed by atoms with Crippen LogP contribution in [0, 0.1) is 0 Å². The molecule has 3 aromatic rings. The fraction of sp³-hybridized carbons (Fsp3) is 0.200. The lowest BCUT2D eigenvalue weighted by molar-refractivity contribution is -0.137. The van der Waals surface area contributed by atoms with Gasteiger partial charge in [-0.2, -0.15) is 23.4 Å². The first kappa shape index (κ1) is 18.8. The zero-order valence-electron chi connectivity index (χ0n) is 13.6. The lowest BCUT2D eigenvalue weighted by Crippen LogP contribution is -2.37. The Morgan fingerprint density at radius 3 is 2.48 bits per heavy atom. The van der Waals surface area contributed by atoms with Crippen molar-refractivity contribution in [1.82, 2.24) is 19.7 Å². The Hall–Kier alpha value is -3.02. The molecule has 3 rings (SSSR count). The van der Waals surface area contributed by atoms with Crippen molar-refractivity contribution in [2.75, 3.05) is 6.26 Å². The second-order valence-electron chi connectivity index (χ2n) is 5.77. The minimum absolute atomic E-state index is 0.132. The van der Waals surface area contributed by atoms with Crippen LogP contribution >= 0.6 is 0 Å². The number of aromatic amines is 1. The highest BCUT2D eigenvalue weighted by Gasteiger charge is 2.35. The summed E-state index contributed by atoms with van der Waals surface area (Å²) in [6.45, 7) is 0. The van der Waals surface area contributed by atoms with Crippen LogP contribution in [0.3, 0.4) is 0 Å². The molecule has 0 aliphatic carbocycles. The van der Waals surface area contributed by atoms with Crippen molar-refractivity contribution in [2.45, 2.75) is 12.1 Å². The lowest BCUT2D eigenvalue weighted by Gasteiger charge is -2.14. The maximum atomic E-state index is 13.5. The highest BCUT2D eigenvalue weighted by molar-refractivity contribution is 7.89. The van der Waals surface area contributed by atoms with Gasteiger partial charge in [0.05, 0.1) is 22.2 Å². The van der Waals surface area contributed by atoms with Crippen LogP contribution in [-0.4, -0.2) is 34.4 Å². The molecule has 0 fully saturated rings. The predicted molar refractivity (Wildman–Crippen MR) is 89.7 cm³/mol. The van der Waals surface area contributed by atoms with Gasteiger partial charge < -0.3 is 4.98 Å². The maximum absolute atomic E-state index is 13.5. The predicted octanol–water partition coefficient (Wildman–Crippen LogP) is 1.17. The fourth-order valence-electron chi connectivity index (χ4n) is 2.54. The van der Waals surface area contributed by atoms with Gasteiger partial charge in [0, 0.05) is 18.0 Å². The van der Waals surface area contributed by atoms with Crippen LogP contribution in [0.1, 0.15) is 5.56 Å². The van der Waals surface area contributed by atoms with E-state index in [4.69, 9.17) is 0 Å². The molecule has 2 aromatic heterocycles. The number of fused-ring (bicyclic) bond motifs is 1. The lowest BCUT2D eigenvalue weighted by atomic mass is 10.0. The number of halogens is 3. The molecule has 0 atom stereocenters. The van der Waals surface area contributed by atoms with Crippen molar-refractivity contribution >= 4 is 20.7 Å². The normalized spacial score (nSPS) is 12.4. The zero-order valence-corrected chi connectivity index (χ0v) is 14.4. The molecule has 0 amide bonds. The molecule has 1 N–H and O–H groups in total. The van der Waals surface area contributed by atoms with Gasteiger partial charge in [0.25, 0.3) is 5.56 Å². The van der Waals surface area contributed by atoms with Gasteiger partial charge in [-0.15, -0.1) is 0 Å². The van der Waals surface area contributed by atoms with Crippen LogP contribution in [0.2, 0.25) is 0 Å². The summed E-state index contributed by atoms with van der Waals surface area (Å²) in [4.78, 5) is 26.6. The molecule has 0 spiro atoms. The first-order valence-electron chi connectivity index (χ1n) is 7.31. The fourth-order valence-corrected chi connectivity index (χ4v) is 3.25. The van der Waals surface area contributed by atoms with Crippen LogP contribution in [0.4, 0.5) is 13.2 Å². The zero-order chi connectivity index (χ0) is 20.0. The molecule has 0 radical (unpaired) electrons. The van der Waals surface area contributed by atoms with Gasteiger partial charge in [0.1, 0.15) is 5.88 Å². The molecule has 12 heteroatoms. The average Bonchev–Trinajstić information content (AvgIpc) is 2.57. The summed E-state index contributed by atoms with van der Waals surface area (Å²) < 4.78 is 63.7. The number of benzene rings is 1. The summed E-state index contributed by atoms with van der Waals surface area (Å²) in [7, 11) is -3.74. The third-order valence-electron chi connectivity index (χ3n) is 3.64. The third kappa shape index (κ3) is 3.74. The number of sulfone groups is 1. The highest BCUT2D eigenvalue weighted by Crippen LogP contribution is 2.37. The first-order chi connectivity index (χ1) is 12.5. The summed E-state index contributed by atoms with van der Waals surface area (Å²) in [5.74, 6) is -0.904. The number of H-pyrrole nitrogens is 1. The van der Waals surface area contributed by atoms with Crippen LogP contribution in [0.5, 0.6) is 0 Å². The van der Waals surface area contributed by atoms with Gasteiger partial charge in [0.15, 0.2) is 9.84 Å². The molecule has 27 heavy (non-hydrogen) atoms. The van der Waals surface area contributed by atoms with E-state index < -0.39 is 44.3 Å². The van der Waals surface area contributed by atoms with Gasteiger partial charge in [0.2, 0.25) is 0 Å². The number of rotatable bonds is 3. The Balaban J connectivity index is 2.41. The van der Waals surface area contributed by atoms with Gasteiger partial charge in [-0.05, 0) is 24.3 Å². The van der Waals surface area contributed by atoms with E-state index in [1.807, 2.05) is 0 Å². The summed E-state index contributed by atoms with van der Waals surface area (Å²) >= 11 is 0. The molecule has 0 bridgehead atoms. The van der Waals surface area contributed by atoms with Crippen molar-refractivity contribution in [1.29, 1.82) is 0 Å². The largest absolute Gasteiger partial charge is 0.417 e. The van der Waals surface area contributed by atoms with E-state index in [0.717, 1.165) is 12.3 Å². The molecular weight excluding hydrogens is 389 g/mol. The van der Waals surface area contributed by atoms with Gasteiger partial charge >= 0.3 is 11.9 Å². The average molecular weight is 400 g/mol. The molecule has 8 nitrogen and oxygen atoms in total. The van der Waals surface area contributed by atoms with E-state index >= 15 is 0 Å².